The van der Waals surface area contributed by atoms with E-state index in [1.54, 1.807) is 14.0 Å². The first kappa shape index (κ1) is 10.7. The van der Waals surface area contributed by atoms with Gasteiger partial charge in [0.15, 0.2) is 0 Å². The standard InChI is InChI=1S/C8H11ClN4O/c1-5(8(14)10-2)12-7-4-11-3-6(9)13-7/h3-5H,1-2H3,(H,10,14)(H,12,13)/t5-/m1/s1. The highest BCUT2D eigenvalue weighted by atomic mass is 35.5. The SMILES string of the molecule is CNC(=O)[C@@H](C)Nc1cncc(Cl)n1. The summed E-state index contributed by atoms with van der Waals surface area (Å²) in [4.78, 5) is 18.9. The topological polar surface area (TPSA) is 66.9 Å². The van der Waals surface area contributed by atoms with Crippen molar-refractivity contribution in [1.82, 2.24) is 15.3 Å². The summed E-state index contributed by atoms with van der Waals surface area (Å²) in [5.74, 6) is 0.361. The first-order chi connectivity index (χ1) is 6.63. The lowest BCUT2D eigenvalue weighted by molar-refractivity contribution is -0.121. The summed E-state index contributed by atoms with van der Waals surface area (Å²) in [6, 6.07) is -0.368. The molecule has 0 bridgehead atoms. The molecule has 1 aromatic heterocycles. The van der Waals surface area contributed by atoms with Crippen LogP contribution in [0, 0.1) is 0 Å². The number of likely N-dealkylation sites (N-methyl/N-ethyl adjacent to an activating group) is 1. The van der Waals surface area contributed by atoms with Crippen LogP contribution in [0.15, 0.2) is 12.4 Å². The van der Waals surface area contributed by atoms with Crippen LogP contribution in [0.4, 0.5) is 5.82 Å². The first-order valence-corrected chi connectivity index (χ1v) is 4.47. The molecule has 0 saturated carbocycles. The van der Waals surface area contributed by atoms with Crippen LogP contribution < -0.4 is 10.6 Å². The van der Waals surface area contributed by atoms with Gasteiger partial charge in [0.2, 0.25) is 5.91 Å². The third-order valence-electron chi connectivity index (χ3n) is 1.61. The van der Waals surface area contributed by atoms with Gasteiger partial charge >= 0.3 is 0 Å². The lowest BCUT2D eigenvalue weighted by Crippen LogP contribution is -2.35. The van der Waals surface area contributed by atoms with Gasteiger partial charge in [-0.05, 0) is 6.92 Å². The molecule has 2 N–H and O–H groups in total. The van der Waals surface area contributed by atoms with Crippen molar-refractivity contribution in [1.29, 1.82) is 0 Å². The van der Waals surface area contributed by atoms with E-state index in [2.05, 4.69) is 20.6 Å². The molecule has 0 unspecified atom stereocenters. The minimum absolute atomic E-state index is 0.119. The lowest BCUT2D eigenvalue weighted by atomic mass is 10.3. The molecule has 1 atom stereocenters. The largest absolute Gasteiger partial charge is 0.357 e. The van der Waals surface area contributed by atoms with Crippen molar-refractivity contribution >= 4 is 23.3 Å². The Kier molecular flexibility index (Phi) is 3.64. The number of nitrogens with zero attached hydrogens (tertiary/aromatic N) is 2. The number of rotatable bonds is 3. The molecule has 0 aromatic carbocycles. The van der Waals surface area contributed by atoms with Gasteiger partial charge in [0.1, 0.15) is 17.0 Å². The molecule has 76 valence electrons. The molecule has 6 heteroatoms. The van der Waals surface area contributed by atoms with Crippen molar-refractivity contribution in [2.45, 2.75) is 13.0 Å². The maximum Gasteiger partial charge on any atom is 0.241 e. The summed E-state index contributed by atoms with van der Waals surface area (Å²) in [6.45, 7) is 1.72. The summed E-state index contributed by atoms with van der Waals surface area (Å²) in [5, 5.41) is 5.67. The van der Waals surface area contributed by atoms with Crippen LogP contribution in [0.3, 0.4) is 0 Å². The van der Waals surface area contributed by atoms with E-state index in [-0.39, 0.29) is 11.9 Å². The molecule has 1 rings (SSSR count). The predicted octanol–water partition coefficient (Wildman–Crippen LogP) is 0.676. The number of carbonyl (C=O) groups is 1. The molecule has 0 spiro atoms. The molecule has 0 aliphatic heterocycles. The van der Waals surface area contributed by atoms with Crippen molar-refractivity contribution in [2.75, 3.05) is 12.4 Å². The zero-order chi connectivity index (χ0) is 10.6. The Morgan fingerprint density at radius 2 is 2.29 bits per heavy atom. The normalized spacial score (nSPS) is 11.9. The number of halogens is 1. The van der Waals surface area contributed by atoms with Gasteiger partial charge in [-0.2, -0.15) is 0 Å². The van der Waals surface area contributed by atoms with Gasteiger partial charge < -0.3 is 10.6 Å². The van der Waals surface area contributed by atoms with Gasteiger partial charge in [-0.3, -0.25) is 9.78 Å². The maximum atomic E-state index is 11.1. The van der Waals surface area contributed by atoms with Crippen LogP contribution in [-0.2, 0) is 4.79 Å². The average molecular weight is 215 g/mol. The van der Waals surface area contributed by atoms with Gasteiger partial charge in [0, 0.05) is 7.05 Å². The molecule has 5 nitrogen and oxygen atoms in total. The highest BCUT2D eigenvalue weighted by Gasteiger charge is 2.10. The maximum absolute atomic E-state index is 11.1. The summed E-state index contributed by atoms with van der Waals surface area (Å²) in [5.41, 5.74) is 0. The fraction of sp³-hybridized carbons (Fsp3) is 0.375. The molecule has 0 aliphatic rings. The van der Waals surface area contributed by atoms with Crippen LogP contribution in [0.2, 0.25) is 5.15 Å². The summed E-state index contributed by atoms with van der Waals surface area (Å²) in [7, 11) is 1.57. The zero-order valence-electron chi connectivity index (χ0n) is 7.91. The van der Waals surface area contributed by atoms with Crippen LogP contribution in [-0.4, -0.2) is 29.0 Å². The fourth-order valence-electron chi connectivity index (χ4n) is 0.916. The van der Waals surface area contributed by atoms with E-state index in [0.717, 1.165) is 0 Å². The van der Waals surface area contributed by atoms with E-state index >= 15 is 0 Å². The molecule has 0 fully saturated rings. The number of amides is 1. The van der Waals surface area contributed by atoms with Crippen LogP contribution >= 0.6 is 11.6 Å². The van der Waals surface area contributed by atoms with E-state index in [1.807, 2.05) is 0 Å². The Morgan fingerprint density at radius 1 is 1.57 bits per heavy atom. The van der Waals surface area contributed by atoms with Crippen LogP contribution in [0.25, 0.3) is 0 Å². The van der Waals surface area contributed by atoms with E-state index in [0.29, 0.717) is 11.0 Å². The number of carbonyl (C=O) groups excluding carboxylic acids is 1. The van der Waals surface area contributed by atoms with E-state index in [4.69, 9.17) is 11.6 Å². The fourth-order valence-corrected chi connectivity index (χ4v) is 1.06. The van der Waals surface area contributed by atoms with Crippen molar-refractivity contribution in [3.05, 3.63) is 17.5 Å². The zero-order valence-corrected chi connectivity index (χ0v) is 8.67. The third kappa shape index (κ3) is 2.85. The number of hydrogen-bond donors (Lipinski definition) is 2. The van der Waals surface area contributed by atoms with Gasteiger partial charge in [-0.25, -0.2) is 4.98 Å². The number of nitrogens with one attached hydrogen (secondary N) is 2. The quantitative estimate of drug-likeness (QED) is 0.777. The van der Waals surface area contributed by atoms with Crippen LogP contribution in [0.1, 0.15) is 6.92 Å². The van der Waals surface area contributed by atoms with E-state index < -0.39 is 0 Å². The number of hydrogen-bond acceptors (Lipinski definition) is 4. The minimum Gasteiger partial charge on any atom is -0.357 e. The third-order valence-corrected chi connectivity index (χ3v) is 1.79. The molecule has 1 aromatic rings. The van der Waals surface area contributed by atoms with Crippen molar-refractivity contribution < 1.29 is 4.79 Å². The highest BCUT2D eigenvalue weighted by Crippen LogP contribution is 2.07. The number of aromatic nitrogens is 2. The van der Waals surface area contributed by atoms with Gasteiger partial charge in [-0.1, -0.05) is 11.6 Å². The first-order valence-electron chi connectivity index (χ1n) is 4.09. The van der Waals surface area contributed by atoms with E-state index in [9.17, 15) is 4.79 Å². The second-order valence-corrected chi connectivity index (χ2v) is 3.09. The molecular weight excluding hydrogens is 204 g/mol. The Labute approximate surface area is 86.9 Å². The minimum atomic E-state index is -0.368. The molecular formula is C8H11ClN4O. The van der Waals surface area contributed by atoms with Gasteiger partial charge in [0.25, 0.3) is 0 Å². The smallest absolute Gasteiger partial charge is 0.241 e. The van der Waals surface area contributed by atoms with Crippen molar-refractivity contribution in [3.63, 3.8) is 0 Å². The Balaban J connectivity index is 2.64. The second-order valence-electron chi connectivity index (χ2n) is 2.71. The average Bonchev–Trinajstić information content (AvgIpc) is 2.16. The monoisotopic (exact) mass is 214 g/mol. The van der Waals surface area contributed by atoms with E-state index in [1.165, 1.54) is 12.4 Å². The Morgan fingerprint density at radius 3 is 2.86 bits per heavy atom. The Hall–Kier alpha value is -1.36. The predicted molar refractivity (Wildman–Crippen MR) is 54.2 cm³/mol. The Bertz CT molecular complexity index is 331. The molecule has 14 heavy (non-hydrogen) atoms. The molecule has 0 aliphatic carbocycles. The summed E-state index contributed by atoms with van der Waals surface area (Å²) < 4.78 is 0. The molecule has 0 radical (unpaired) electrons. The highest BCUT2D eigenvalue weighted by molar-refractivity contribution is 6.29. The second kappa shape index (κ2) is 4.76. The van der Waals surface area contributed by atoms with Crippen molar-refractivity contribution in [2.24, 2.45) is 0 Å². The molecule has 0 saturated heterocycles. The van der Waals surface area contributed by atoms with Crippen LogP contribution in [0.5, 0.6) is 0 Å². The molecule has 1 amide bonds. The summed E-state index contributed by atoms with van der Waals surface area (Å²) in [6.07, 6.45) is 2.93. The summed E-state index contributed by atoms with van der Waals surface area (Å²) >= 11 is 5.63. The van der Waals surface area contributed by atoms with Gasteiger partial charge in [-0.15, -0.1) is 0 Å². The lowest BCUT2D eigenvalue weighted by Gasteiger charge is -2.12. The molecule has 1 heterocycles. The van der Waals surface area contributed by atoms with Crippen molar-refractivity contribution in [3.8, 4) is 0 Å². The number of anilines is 1. The van der Waals surface area contributed by atoms with Gasteiger partial charge in [0.05, 0.1) is 12.4 Å².